The van der Waals surface area contributed by atoms with Crippen molar-refractivity contribution >= 4 is 16.8 Å². The quantitative estimate of drug-likeness (QED) is 0.367. The third kappa shape index (κ3) is 5.27. The molecule has 0 aliphatic carbocycles. The zero-order chi connectivity index (χ0) is 25.2. The Hall–Kier alpha value is -3.91. The van der Waals surface area contributed by atoms with Crippen molar-refractivity contribution in [3.05, 3.63) is 95.6 Å². The van der Waals surface area contributed by atoms with Crippen molar-refractivity contribution in [2.45, 2.75) is 25.2 Å². The molecule has 0 aliphatic heterocycles. The summed E-state index contributed by atoms with van der Waals surface area (Å²) in [5.41, 5.74) is 1.60. The number of aliphatic hydroxyl groups excluding tert-OH is 1. The highest BCUT2D eigenvalue weighted by Gasteiger charge is 2.30. The Morgan fingerprint density at radius 1 is 1.00 bits per heavy atom. The van der Waals surface area contributed by atoms with Crippen LogP contribution in [0.1, 0.15) is 34.5 Å². The normalized spacial score (nSPS) is 13.3. The fraction of sp³-hybridized carbons (Fsp3) is 0.185. The summed E-state index contributed by atoms with van der Waals surface area (Å²) in [6.07, 6.45) is -5.31. The standard InChI is InChI=1S/C27H23F3N2O3/c1-16(25(33)18-6-4-3-5-7-18)31-26(34)19-10-13-21-23(14-19)32-22(15-24(21)35-2)17-8-11-20(12-9-17)27(28,29)30/h3-16,25,33H,1-2H3,(H,31,34)/t16-,25+/m1/s1. The first kappa shape index (κ1) is 24.2. The monoisotopic (exact) mass is 480 g/mol. The molecular weight excluding hydrogens is 457 g/mol. The van der Waals surface area contributed by atoms with E-state index in [1.165, 1.54) is 19.2 Å². The molecule has 0 radical (unpaired) electrons. The summed E-state index contributed by atoms with van der Waals surface area (Å²) in [5, 5.41) is 14.0. The number of carbonyl (C=O) groups is 1. The van der Waals surface area contributed by atoms with Gasteiger partial charge in [0, 0.05) is 22.6 Å². The van der Waals surface area contributed by atoms with Crippen LogP contribution in [0.3, 0.4) is 0 Å². The van der Waals surface area contributed by atoms with Crippen molar-refractivity contribution in [2.75, 3.05) is 7.11 Å². The number of methoxy groups -OCH3 is 1. The fourth-order valence-electron chi connectivity index (χ4n) is 3.79. The number of fused-ring (bicyclic) bond motifs is 1. The summed E-state index contributed by atoms with van der Waals surface area (Å²) >= 11 is 0. The minimum atomic E-state index is -4.43. The topological polar surface area (TPSA) is 71.5 Å². The van der Waals surface area contributed by atoms with Crippen LogP contribution in [0.15, 0.2) is 78.9 Å². The van der Waals surface area contributed by atoms with E-state index in [4.69, 9.17) is 4.74 Å². The zero-order valence-corrected chi connectivity index (χ0v) is 19.0. The minimum absolute atomic E-state index is 0.323. The van der Waals surface area contributed by atoms with Crippen LogP contribution < -0.4 is 10.1 Å². The molecule has 4 rings (SSSR count). The molecule has 2 N–H and O–H groups in total. The minimum Gasteiger partial charge on any atom is -0.496 e. The van der Waals surface area contributed by atoms with Crippen molar-refractivity contribution < 1.29 is 27.8 Å². The molecule has 180 valence electrons. The second-order valence-electron chi connectivity index (χ2n) is 8.13. The van der Waals surface area contributed by atoms with Crippen LogP contribution in [0.4, 0.5) is 13.2 Å². The number of benzene rings is 3. The molecular formula is C27H23F3N2O3. The maximum atomic E-state index is 12.9. The number of nitrogens with zero attached hydrogens (tertiary/aromatic N) is 1. The Labute approximate surface area is 200 Å². The van der Waals surface area contributed by atoms with Gasteiger partial charge in [-0.1, -0.05) is 42.5 Å². The van der Waals surface area contributed by atoms with Gasteiger partial charge in [0.05, 0.1) is 36.0 Å². The lowest BCUT2D eigenvalue weighted by Gasteiger charge is -2.20. The van der Waals surface area contributed by atoms with Crippen LogP contribution in [0, 0.1) is 0 Å². The van der Waals surface area contributed by atoms with Crippen molar-refractivity contribution in [3.63, 3.8) is 0 Å². The fourth-order valence-corrected chi connectivity index (χ4v) is 3.79. The lowest BCUT2D eigenvalue weighted by atomic mass is 10.0. The van der Waals surface area contributed by atoms with Crippen LogP contribution in [-0.4, -0.2) is 29.1 Å². The van der Waals surface area contributed by atoms with E-state index < -0.39 is 29.8 Å². The average Bonchev–Trinajstić information content (AvgIpc) is 2.87. The molecule has 0 saturated carbocycles. The molecule has 8 heteroatoms. The molecule has 0 unspecified atom stereocenters. The smallest absolute Gasteiger partial charge is 0.416 e. The number of ether oxygens (including phenoxy) is 1. The van der Waals surface area contributed by atoms with E-state index in [1.807, 2.05) is 18.2 Å². The lowest BCUT2D eigenvalue weighted by Crippen LogP contribution is -2.37. The Balaban J connectivity index is 1.63. The molecule has 0 saturated heterocycles. The lowest BCUT2D eigenvalue weighted by molar-refractivity contribution is -0.137. The molecule has 0 bridgehead atoms. The summed E-state index contributed by atoms with van der Waals surface area (Å²) < 4.78 is 44.2. The molecule has 35 heavy (non-hydrogen) atoms. The molecule has 3 aromatic carbocycles. The number of hydrogen-bond donors (Lipinski definition) is 2. The molecule has 1 aromatic heterocycles. The maximum Gasteiger partial charge on any atom is 0.416 e. The highest BCUT2D eigenvalue weighted by molar-refractivity contribution is 5.99. The highest BCUT2D eigenvalue weighted by Crippen LogP contribution is 2.33. The number of aromatic nitrogens is 1. The van der Waals surface area contributed by atoms with E-state index in [9.17, 15) is 23.1 Å². The summed E-state index contributed by atoms with van der Waals surface area (Å²) in [7, 11) is 1.48. The zero-order valence-electron chi connectivity index (χ0n) is 19.0. The molecule has 1 amide bonds. The highest BCUT2D eigenvalue weighted by atomic mass is 19.4. The number of alkyl halides is 3. The predicted molar refractivity (Wildman–Crippen MR) is 127 cm³/mol. The number of pyridine rings is 1. The van der Waals surface area contributed by atoms with E-state index in [2.05, 4.69) is 10.3 Å². The maximum absolute atomic E-state index is 12.9. The van der Waals surface area contributed by atoms with Gasteiger partial charge in [-0.3, -0.25) is 4.79 Å². The molecule has 0 fully saturated rings. The Bertz CT molecular complexity index is 1340. The number of hydrogen-bond acceptors (Lipinski definition) is 4. The van der Waals surface area contributed by atoms with E-state index in [0.717, 1.165) is 12.1 Å². The van der Waals surface area contributed by atoms with Gasteiger partial charge in [0.15, 0.2) is 0 Å². The largest absolute Gasteiger partial charge is 0.496 e. The van der Waals surface area contributed by atoms with Crippen molar-refractivity contribution in [3.8, 4) is 17.0 Å². The van der Waals surface area contributed by atoms with Crippen LogP contribution >= 0.6 is 0 Å². The molecule has 4 aromatic rings. The average molecular weight is 480 g/mol. The molecule has 0 spiro atoms. The molecule has 2 atom stereocenters. The SMILES string of the molecule is COc1cc(-c2ccc(C(F)(F)F)cc2)nc2cc(C(=O)N[C@H](C)[C@H](O)c3ccccc3)ccc12. The van der Waals surface area contributed by atoms with Gasteiger partial charge >= 0.3 is 6.18 Å². The first-order valence-corrected chi connectivity index (χ1v) is 10.9. The van der Waals surface area contributed by atoms with Crippen LogP contribution in [0.2, 0.25) is 0 Å². The third-order valence-corrected chi connectivity index (χ3v) is 5.74. The summed E-state index contributed by atoms with van der Waals surface area (Å²) in [5.74, 6) is 0.0832. The van der Waals surface area contributed by atoms with Crippen LogP contribution in [-0.2, 0) is 6.18 Å². The number of halogens is 3. The van der Waals surface area contributed by atoms with E-state index in [0.29, 0.717) is 39.0 Å². The molecule has 1 heterocycles. The molecule has 0 aliphatic rings. The summed E-state index contributed by atoms with van der Waals surface area (Å²) in [4.78, 5) is 17.4. The predicted octanol–water partition coefficient (Wildman–Crippen LogP) is 5.78. The second kappa shape index (κ2) is 9.76. The first-order chi connectivity index (χ1) is 16.7. The van der Waals surface area contributed by atoms with Crippen LogP contribution in [0.5, 0.6) is 5.75 Å². The Kier molecular flexibility index (Phi) is 6.75. The van der Waals surface area contributed by atoms with E-state index in [-0.39, 0.29) is 0 Å². The van der Waals surface area contributed by atoms with Gasteiger partial charge in [-0.25, -0.2) is 4.98 Å². The second-order valence-corrected chi connectivity index (χ2v) is 8.13. The third-order valence-electron chi connectivity index (χ3n) is 5.74. The van der Waals surface area contributed by atoms with Gasteiger partial charge in [-0.2, -0.15) is 13.2 Å². The van der Waals surface area contributed by atoms with Gasteiger partial charge in [-0.15, -0.1) is 0 Å². The Morgan fingerprint density at radius 2 is 1.69 bits per heavy atom. The van der Waals surface area contributed by atoms with Crippen LogP contribution in [0.25, 0.3) is 22.2 Å². The van der Waals surface area contributed by atoms with Crippen molar-refractivity contribution in [1.82, 2.24) is 10.3 Å². The van der Waals surface area contributed by atoms with Crippen molar-refractivity contribution in [2.24, 2.45) is 0 Å². The molecule has 5 nitrogen and oxygen atoms in total. The van der Waals surface area contributed by atoms with Gasteiger partial charge < -0.3 is 15.2 Å². The number of amides is 1. The van der Waals surface area contributed by atoms with Gasteiger partial charge in [0.2, 0.25) is 0 Å². The first-order valence-electron chi connectivity index (χ1n) is 10.9. The summed E-state index contributed by atoms with van der Waals surface area (Å²) in [6, 6.07) is 19.7. The van der Waals surface area contributed by atoms with Gasteiger partial charge in [0.25, 0.3) is 5.91 Å². The number of nitrogens with one attached hydrogen (secondary N) is 1. The van der Waals surface area contributed by atoms with Crippen molar-refractivity contribution in [1.29, 1.82) is 0 Å². The number of aliphatic hydroxyl groups is 1. The number of rotatable bonds is 6. The van der Waals surface area contributed by atoms with E-state index in [1.54, 1.807) is 43.3 Å². The Morgan fingerprint density at radius 3 is 2.31 bits per heavy atom. The summed E-state index contributed by atoms with van der Waals surface area (Å²) in [6.45, 7) is 1.71. The van der Waals surface area contributed by atoms with E-state index >= 15 is 0 Å². The van der Waals surface area contributed by atoms with Gasteiger partial charge in [-0.05, 0) is 42.8 Å². The van der Waals surface area contributed by atoms with Gasteiger partial charge in [0.1, 0.15) is 5.75 Å². The number of carbonyl (C=O) groups excluding carboxylic acids is 1.